The average molecular weight is 750 g/mol. The smallest absolute Gasteiger partial charge is 0.252 e. The molecule has 8 aromatic rings. The van der Waals surface area contributed by atoms with E-state index in [1.54, 1.807) is 0 Å². The SMILES string of the molecule is Cc1ccc(N(c2ccc(C)cc2)c2ccc3c(c2)N(c2cccc4ccccc24)c2cc(C(C)(C)C)cc4c2B3c2cc(C)ccc2N4c2ccc(C)cc2)cc1. The van der Waals surface area contributed by atoms with Gasteiger partial charge in [0, 0.05) is 50.9 Å². The molecule has 0 N–H and O–H groups in total. The first-order chi connectivity index (χ1) is 28.0. The van der Waals surface area contributed by atoms with E-state index in [1.165, 1.54) is 89.1 Å². The third kappa shape index (κ3) is 5.89. The molecule has 2 aliphatic rings. The van der Waals surface area contributed by atoms with Gasteiger partial charge in [-0.2, -0.15) is 0 Å². The number of benzene rings is 8. The normalized spacial score (nSPS) is 13.0. The van der Waals surface area contributed by atoms with Crippen molar-refractivity contribution in [3.63, 3.8) is 0 Å². The Balaban J connectivity index is 1.32. The minimum atomic E-state index is -0.103. The summed E-state index contributed by atoms with van der Waals surface area (Å²) in [6, 6.07) is 61.7. The number of anilines is 9. The molecular formula is C54H48BN3. The van der Waals surface area contributed by atoms with E-state index < -0.39 is 0 Å². The van der Waals surface area contributed by atoms with Gasteiger partial charge >= 0.3 is 0 Å². The number of fused-ring (bicyclic) bond motifs is 5. The molecule has 8 aromatic carbocycles. The minimum absolute atomic E-state index is 0.0260. The summed E-state index contributed by atoms with van der Waals surface area (Å²) in [5.41, 5.74) is 20.8. The van der Waals surface area contributed by atoms with Crippen molar-refractivity contribution in [2.75, 3.05) is 14.7 Å². The van der Waals surface area contributed by atoms with Crippen LogP contribution in [0, 0.1) is 27.7 Å². The maximum absolute atomic E-state index is 2.59. The van der Waals surface area contributed by atoms with Crippen LogP contribution in [0.25, 0.3) is 10.8 Å². The quantitative estimate of drug-likeness (QED) is 0.162. The van der Waals surface area contributed by atoms with Gasteiger partial charge in [0.05, 0.1) is 5.69 Å². The molecule has 0 amide bonds. The van der Waals surface area contributed by atoms with Crippen LogP contribution in [0.3, 0.4) is 0 Å². The van der Waals surface area contributed by atoms with E-state index >= 15 is 0 Å². The van der Waals surface area contributed by atoms with E-state index in [2.05, 4.69) is 227 Å². The van der Waals surface area contributed by atoms with E-state index in [9.17, 15) is 0 Å². The molecular weight excluding hydrogens is 701 g/mol. The summed E-state index contributed by atoms with van der Waals surface area (Å²) in [6.07, 6.45) is 0. The van der Waals surface area contributed by atoms with E-state index in [4.69, 9.17) is 0 Å². The van der Waals surface area contributed by atoms with Crippen LogP contribution in [0.4, 0.5) is 51.2 Å². The Kier molecular flexibility index (Phi) is 8.39. The van der Waals surface area contributed by atoms with E-state index in [0.717, 1.165) is 17.1 Å². The van der Waals surface area contributed by atoms with Gasteiger partial charge in [-0.15, -0.1) is 0 Å². The van der Waals surface area contributed by atoms with Crippen LogP contribution in [0.15, 0.2) is 164 Å². The summed E-state index contributed by atoms with van der Waals surface area (Å²) in [5, 5.41) is 2.45. The van der Waals surface area contributed by atoms with Crippen LogP contribution in [-0.4, -0.2) is 6.71 Å². The summed E-state index contributed by atoms with van der Waals surface area (Å²) < 4.78 is 0. The van der Waals surface area contributed by atoms with Crippen molar-refractivity contribution in [1.29, 1.82) is 0 Å². The van der Waals surface area contributed by atoms with Gasteiger partial charge in [0.1, 0.15) is 0 Å². The Morgan fingerprint density at radius 3 is 1.66 bits per heavy atom. The van der Waals surface area contributed by atoms with Crippen LogP contribution >= 0.6 is 0 Å². The van der Waals surface area contributed by atoms with Crippen LogP contribution in [0.2, 0.25) is 0 Å². The van der Waals surface area contributed by atoms with Gasteiger partial charge in [-0.05, 0) is 133 Å². The van der Waals surface area contributed by atoms with Crippen molar-refractivity contribution in [2.24, 2.45) is 0 Å². The van der Waals surface area contributed by atoms with E-state index in [0.29, 0.717) is 0 Å². The highest BCUT2D eigenvalue weighted by atomic mass is 15.2. The zero-order chi connectivity index (χ0) is 39.9. The number of rotatable bonds is 5. The van der Waals surface area contributed by atoms with E-state index in [1.807, 2.05) is 0 Å². The second kappa shape index (κ2) is 13.6. The van der Waals surface area contributed by atoms with Crippen molar-refractivity contribution in [3.05, 3.63) is 192 Å². The lowest BCUT2D eigenvalue weighted by molar-refractivity contribution is 0.590. The third-order valence-corrected chi connectivity index (χ3v) is 12.2. The highest BCUT2D eigenvalue weighted by molar-refractivity contribution is 7.00. The summed E-state index contributed by atoms with van der Waals surface area (Å²) in [6.45, 7) is 15.8. The van der Waals surface area contributed by atoms with Gasteiger partial charge in [0.2, 0.25) is 0 Å². The Bertz CT molecular complexity index is 2820. The molecule has 0 spiro atoms. The monoisotopic (exact) mass is 749 g/mol. The number of nitrogens with zero attached hydrogens (tertiary/aromatic N) is 3. The van der Waals surface area contributed by atoms with Crippen molar-refractivity contribution < 1.29 is 0 Å². The number of hydrogen-bond donors (Lipinski definition) is 0. The molecule has 10 rings (SSSR count). The molecule has 2 aliphatic heterocycles. The molecule has 0 aliphatic carbocycles. The summed E-state index contributed by atoms with van der Waals surface area (Å²) in [7, 11) is 0. The van der Waals surface area contributed by atoms with Gasteiger partial charge in [-0.1, -0.05) is 134 Å². The van der Waals surface area contributed by atoms with Crippen molar-refractivity contribution in [1.82, 2.24) is 0 Å². The number of hydrogen-bond acceptors (Lipinski definition) is 3. The Hall–Kier alpha value is -6.52. The maximum atomic E-state index is 2.59. The van der Waals surface area contributed by atoms with Crippen LogP contribution in [-0.2, 0) is 5.41 Å². The minimum Gasteiger partial charge on any atom is -0.311 e. The highest BCUT2D eigenvalue weighted by Crippen LogP contribution is 2.48. The molecule has 282 valence electrons. The standard InChI is InChI=1S/C54H48BN3/c1-35-15-22-41(23-16-35)56(42-24-17-36(2)18-25-42)44-28-29-46-50(34-44)58(48-14-10-12-39-11-8-9-13-45(39)48)52-33-40(54(5,6)7)32-51-53(52)55(46)47-31-38(4)21-30-49(47)57(51)43-26-19-37(3)20-27-43/h8-34H,1-7H3. The molecule has 0 bridgehead atoms. The molecule has 0 saturated heterocycles. The van der Waals surface area contributed by atoms with Crippen LogP contribution in [0.5, 0.6) is 0 Å². The zero-order valence-electron chi connectivity index (χ0n) is 34.5. The first-order valence-electron chi connectivity index (χ1n) is 20.5. The summed E-state index contributed by atoms with van der Waals surface area (Å²) in [5.74, 6) is 0. The Labute approximate surface area is 343 Å². The van der Waals surface area contributed by atoms with Gasteiger partial charge in [0.15, 0.2) is 0 Å². The Morgan fingerprint density at radius 2 is 1.00 bits per heavy atom. The van der Waals surface area contributed by atoms with Crippen molar-refractivity contribution in [2.45, 2.75) is 53.9 Å². The Morgan fingerprint density at radius 1 is 0.431 bits per heavy atom. The fourth-order valence-corrected chi connectivity index (χ4v) is 9.15. The molecule has 0 aromatic heterocycles. The van der Waals surface area contributed by atoms with Gasteiger partial charge in [-0.25, -0.2) is 0 Å². The molecule has 0 saturated carbocycles. The molecule has 0 atom stereocenters. The molecule has 58 heavy (non-hydrogen) atoms. The molecule has 0 radical (unpaired) electrons. The molecule has 0 fully saturated rings. The van der Waals surface area contributed by atoms with E-state index in [-0.39, 0.29) is 12.1 Å². The topological polar surface area (TPSA) is 9.72 Å². The average Bonchev–Trinajstić information content (AvgIpc) is 3.22. The highest BCUT2D eigenvalue weighted by Gasteiger charge is 2.44. The second-order valence-electron chi connectivity index (χ2n) is 17.4. The second-order valence-corrected chi connectivity index (χ2v) is 17.4. The zero-order valence-corrected chi connectivity index (χ0v) is 34.5. The lowest BCUT2D eigenvalue weighted by atomic mass is 9.33. The predicted molar refractivity (Wildman–Crippen MR) is 250 cm³/mol. The van der Waals surface area contributed by atoms with Crippen molar-refractivity contribution >= 4 is 85.1 Å². The van der Waals surface area contributed by atoms with Crippen LogP contribution < -0.4 is 31.1 Å². The third-order valence-electron chi connectivity index (χ3n) is 12.2. The lowest BCUT2D eigenvalue weighted by Crippen LogP contribution is -2.61. The molecule has 0 unspecified atom stereocenters. The van der Waals surface area contributed by atoms with Crippen molar-refractivity contribution in [3.8, 4) is 0 Å². The fraction of sp³-hybridized carbons (Fsp3) is 0.148. The lowest BCUT2D eigenvalue weighted by Gasteiger charge is -2.45. The summed E-state index contributed by atoms with van der Waals surface area (Å²) in [4.78, 5) is 7.52. The number of aryl methyl sites for hydroxylation is 4. The van der Waals surface area contributed by atoms with Gasteiger partial charge < -0.3 is 14.7 Å². The first-order valence-corrected chi connectivity index (χ1v) is 20.5. The molecule has 4 heteroatoms. The predicted octanol–water partition coefficient (Wildman–Crippen LogP) is 12.9. The largest absolute Gasteiger partial charge is 0.311 e. The first kappa shape index (κ1) is 35.9. The fourth-order valence-electron chi connectivity index (χ4n) is 9.15. The van der Waals surface area contributed by atoms with Gasteiger partial charge in [0.25, 0.3) is 6.71 Å². The van der Waals surface area contributed by atoms with Gasteiger partial charge in [-0.3, -0.25) is 0 Å². The molecule has 2 heterocycles. The molecule has 3 nitrogen and oxygen atoms in total. The summed E-state index contributed by atoms with van der Waals surface area (Å²) >= 11 is 0. The van der Waals surface area contributed by atoms with Crippen LogP contribution in [0.1, 0.15) is 48.6 Å². The maximum Gasteiger partial charge on any atom is 0.252 e.